The fraction of sp³-hybridized carbons (Fsp3) is 0.100. The number of carbonyl (C=O) groups excluding carboxylic acids is 1. The Morgan fingerprint density at radius 2 is 2.15 bits per heavy atom. The van der Waals surface area contributed by atoms with Crippen molar-refractivity contribution in [3.05, 3.63) is 35.4 Å². The van der Waals surface area contributed by atoms with E-state index in [9.17, 15) is 9.90 Å². The highest BCUT2D eigenvalue weighted by atomic mass is 16.3. The molecule has 0 spiro atoms. The minimum atomic E-state index is 0.0874. The number of aliphatic hydroxyl groups excluding tert-OH is 1. The summed E-state index contributed by atoms with van der Waals surface area (Å²) < 4.78 is 0. The largest absolute Gasteiger partial charge is 0.507 e. The molecule has 1 aromatic carbocycles. The molecule has 0 fully saturated rings. The molecule has 0 aromatic heterocycles. The Morgan fingerprint density at radius 1 is 1.38 bits per heavy atom. The highest BCUT2D eigenvalue weighted by molar-refractivity contribution is 5.91. The monoisotopic (exact) mass is 175 g/mol. The lowest BCUT2D eigenvalue weighted by atomic mass is 10.0. The van der Waals surface area contributed by atoms with Crippen LogP contribution in [0.1, 0.15) is 5.56 Å². The van der Waals surface area contributed by atoms with Crippen LogP contribution in [-0.2, 0) is 4.79 Å². The summed E-state index contributed by atoms with van der Waals surface area (Å²) in [5.74, 6) is 0.0874. The molecular weight excluding hydrogens is 166 g/mol. The molecular formula is C10H9NO2. The molecule has 2 rings (SSSR count). The van der Waals surface area contributed by atoms with E-state index in [0.717, 1.165) is 5.69 Å². The maximum Gasteiger partial charge on any atom is 0.151 e. The molecule has 0 radical (unpaired) electrons. The molecule has 3 heteroatoms. The Kier molecular flexibility index (Phi) is 1.77. The summed E-state index contributed by atoms with van der Waals surface area (Å²) in [4.78, 5) is 10.5. The number of fused-ring (bicyclic) bond motifs is 1. The molecule has 0 aliphatic carbocycles. The molecule has 0 amide bonds. The van der Waals surface area contributed by atoms with Gasteiger partial charge in [0.25, 0.3) is 0 Å². The van der Waals surface area contributed by atoms with Crippen molar-refractivity contribution in [2.75, 3.05) is 11.9 Å². The number of nitrogens with one attached hydrogen (secondary N) is 1. The zero-order valence-corrected chi connectivity index (χ0v) is 6.95. The third-order valence-electron chi connectivity index (χ3n) is 2.10. The van der Waals surface area contributed by atoms with Gasteiger partial charge >= 0.3 is 0 Å². The van der Waals surface area contributed by atoms with Crippen LogP contribution in [0.3, 0.4) is 0 Å². The van der Waals surface area contributed by atoms with Gasteiger partial charge in [-0.2, -0.15) is 0 Å². The Labute approximate surface area is 75.7 Å². The standard InChI is InChI=1S/C10H9NO2/c12-6-7-5-11-9-4-2-1-3-8(9)10(7)13/h1-4,6,11,13H,5H2. The van der Waals surface area contributed by atoms with Crippen molar-refractivity contribution in [1.82, 2.24) is 0 Å². The van der Waals surface area contributed by atoms with Gasteiger partial charge in [0.05, 0.1) is 5.57 Å². The van der Waals surface area contributed by atoms with Gasteiger partial charge in [-0.25, -0.2) is 0 Å². The predicted molar refractivity (Wildman–Crippen MR) is 50.5 cm³/mol. The van der Waals surface area contributed by atoms with Crippen molar-refractivity contribution in [2.24, 2.45) is 0 Å². The van der Waals surface area contributed by atoms with Gasteiger partial charge < -0.3 is 10.4 Å². The summed E-state index contributed by atoms with van der Waals surface area (Å²) in [6.45, 7) is 0.395. The van der Waals surface area contributed by atoms with E-state index in [4.69, 9.17) is 0 Å². The number of carbonyl (C=O) groups is 1. The van der Waals surface area contributed by atoms with Crippen LogP contribution in [0.5, 0.6) is 0 Å². The van der Waals surface area contributed by atoms with E-state index >= 15 is 0 Å². The Hall–Kier alpha value is -1.77. The van der Waals surface area contributed by atoms with Crippen LogP contribution in [0.25, 0.3) is 5.76 Å². The third-order valence-corrected chi connectivity index (χ3v) is 2.10. The molecule has 1 heterocycles. The lowest BCUT2D eigenvalue weighted by molar-refractivity contribution is -0.104. The number of aliphatic hydroxyl groups is 1. The fourth-order valence-corrected chi connectivity index (χ4v) is 1.39. The normalized spacial score (nSPS) is 14.8. The maximum atomic E-state index is 10.5. The highest BCUT2D eigenvalue weighted by Gasteiger charge is 2.16. The van der Waals surface area contributed by atoms with Gasteiger partial charge in [0.15, 0.2) is 6.29 Å². The summed E-state index contributed by atoms with van der Waals surface area (Å²) in [7, 11) is 0. The molecule has 0 saturated heterocycles. The van der Waals surface area contributed by atoms with Crippen molar-refractivity contribution >= 4 is 17.7 Å². The van der Waals surface area contributed by atoms with Crippen molar-refractivity contribution in [3.63, 3.8) is 0 Å². The summed E-state index contributed by atoms with van der Waals surface area (Å²) in [6.07, 6.45) is 0.679. The second-order valence-corrected chi connectivity index (χ2v) is 2.89. The van der Waals surface area contributed by atoms with Gasteiger partial charge in [0.2, 0.25) is 0 Å². The number of hydrogen-bond donors (Lipinski definition) is 2. The smallest absolute Gasteiger partial charge is 0.151 e. The van der Waals surface area contributed by atoms with E-state index in [1.54, 1.807) is 6.07 Å². The topological polar surface area (TPSA) is 49.3 Å². The summed E-state index contributed by atoms with van der Waals surface area (Å²) >= 11 is 0. The molecule has 2 N–H and O–H groups in total. The van der Waals surface area contributed by atoms with Crippen LogP contribution in [0.15, 0.2) is 29.8 Å². The van der Waals surface area contributed by atoms with Gasteiger partial charge in [-0.3, -0.25) is 4.79 Å². The van der Waals surface area contributed by atoms with E-state index in [0.29, 0.717) is 24.0 Å². The lowest BCUT2D eigenvalue weighted by Crippen LogP contribution is -2.14. The molecule has 1 aromatic rings. The summed E-state index contributed by atoms with van der Waals surface area (Å²) in [5, 5.41) is 12.7. The summed E-state index contributed by atoms with van der Waals surface area (Å²) in [5.41, 5.74) is 1.96. The molecule has 0 unspecified atom stereocenters. The molecule has 0 bridgehead atoms. The second kappa shape index (κ2) is 2.94. The van der Waals surface area contributed by atoms with Crippen molar-refractivity contribution < 1.29 is 9.90 Å². The third kappa shape index (κ3) is 1.18. The van der Waals surface area contributed by atoms with Crippen molar-refractivity contribution in [3.8, 4) is 0 Å². The van der Waals surface area contributed by atoms with Gasteiger partial charge in [-0.1, -0.05) is 12.1 Å². The van der Waals surface area contributed by atoms with E-state index < -0.39 is 0 Å². The van der Waals surface area contributed by atoms with Crippen LogP contribution in [0.2, 0.25) is 0 Å². The average Bonchev–Trinajstić information content (AvgIpc) is 2.19. The first kappa shape index (κ1) is 7.86. The lowest BCUT2D eigenvalue weighted by Gasteiger charge is -2.18. The van der Waals surface area contributed by atoms with Crippen LogP contribution in [0.4, 0.5) is 5.69 Å². The quantitative estimate of drug-likeness (QED) is 0.637. The fourth-order valence-electron chi connectivity index (χ4n) is 1.39. The van der Waals surface area contributed by atoms with E-state index in [-0.39, 0.29) is 5.76 Å². The highest BCUT2D eigenvalue weighted by Crippen LogP contribution is 2.27. The van der Waals surface area contributed by atoms with Crippen molar-refractivity contribution in [2.45, 2.75) is 0 Å². The molecule has 3 nitrogen and oxygen atoms in total. The van der Waals surface area contributed by atoms with Crippen LogP contribution >= 0.6 is 0 Å². The molecule has 0 saturated carbocycles. The summed E-state index contributed by atoms with van der Waals surface area (Å²) in [6, 6.07) is 7.35. The molecule has 0 atom stereocenters. The van der Waals surface area contributed by atoms with Gasteiger partial charge in [-0.15, -0.1) is 0 Å². The first-order valence-corrected chi connectivity index (χ1v) is 4.03. The SMILES string of the molecule is O=CC1=C(O)c2ccccc2NC1. The van der Waals surface area contributed by atoms with Crippen LogP contribution < -0.4 is 5.32 Å². The number of hydrogen-bond acceptors (Lipinski definition) is 3. The van der Waals surface area contributed by atoms with Crippen LogP contribution in [-0.4, -0.2) is 17.9 Å². The van der Waals surface area contributed by atoms with E-state index in [2.05, 4.69) is 5.32 Å². The van der Waals surface area contributed by atoms with Gasteiger partial charge in [0, 0.05) is 17.8 Å². The number of benzene rings is 1. The minimum Gasteiger partial charge on any atom is -0.507 e. The van der Waals surface area contributed by atoms with E-state index in [1.807, 2.05) is 18.2 Å². The second-order valence-electron chi connectivity index (χ2n) is 2.89. The van der Waals surface area contributed by atoms with Crippen LogP contribution in [0, 0.1) is 0 Å². The molecule has 66 valence electrons. The Morgan fingerprint density at radius 3 is 2.92 bits per heavy atom. The van der Waals surface area contributed by atoms with Gasteiger partial charge in [-0.05, 0) is 12.1 Å². The number of anilines is 1. The number of rotatable bonds is 1. The maximum absolute atomic E-state index is 10.5. The number of para-hydroxylation sites is 1. The van der Waals surface area contributed by atoms with Crippen molar-refractivity contribution in [1.29, 1.82) is 0 Å². The molecule has 1 aliphatic rings. The predicted octanol–water partition coefficient (Wildman–Crippen LogP) is 1.58. The first-order valence-electron chi connectivity index (χ1n) is 4.03. The zero-order chi connectivity index (χ0) is 9.26. The van der Waals surface area contributed by atoms with Gasteiger partial charge in [0.1, 0.15) is 5.76 Å². The average molecular weight is 175 g/mol. The number of aldehydes is 1. The minimum absolute atomic E-state index is 0.0874. The Balaban J connectivity index is 2.58. The molecule has 1 aliphatic heterocycles. The zero-order valence-electron chi connectivity index (χ0n) is 6.95. The van der Waals surface area contributed by atoms with E-state index in [1.165, 1.54) is 0 Å². The molecule has 13 heavy (non-hydrogen) atoms. The Bertz CT molecular complexity index is 382. The first-order chi connectivity index (χ1) is 6.33.